The quantitative estimate of drug-likeness (QED) is 0.757. The Balaban J connectivity index is 1.54. The van der Waals surface area contributed by atoms with Gasteiger partial charge < -0.3 is 23.8 Å². The summed E-state index contributed by atoms with van der Waals surface area (Å²) < 4.78 is 13.7. The first-order chi connectivity index (χ1) is 15.5. The molecule has 0 aliphatic carbocycles. The minimum Gasteiger partial charge on any atom is -0.483 e. The molecule has 9 heteroatoms. The molecule has 5 rings (SSSR count). The van der Waals surface area contributed by atoms with Gasteiger partial charge in [-0.25, -0.2) is 10.2 Å². The van der Waals surface area contributed by atoms with Crippen molar-refractivity contribution in [3.8, 4) is 5.75 Å². The third kappa shape index (κ3) is 3.34. The lowest BCUT2D eigenvalue weighted by atomic mass is 9.92. The summed E-state index contributed by atoms with van der Waals surface area (Å²) in [5.41, 5.74) is 4.49. The largest absolute Gasteiger partial charge is 0.483 e. The number of ether oxygens (including phenoxy) is 2. The Bertz CT molecular complexity index is 1220. The van der Waals surface area contributed by atoms with Crippen molar-refractivity contribution >= 4 is 40.5 Å². The van der Waals surface area contributed by atoms with Gasteiger partial charge in [-0.1, -0.05) is 12.7 Å². The third-order valence-electron chi connectivity index (χ3n) is 6.39. The molecule has 1 atom stereocenters. The second kappa shape index (κ2) is 7.00. The van der Waals surface area contributed by atoms with E-state index in [-0.39, 0.29) is 24.1 Å². The lowest BCUT2D eigenvalue weighted by molar-refractivity contribution is -0.122. The first kappa shape index (κ1) is 21.4. The van der Waals surface area contributed by atoms with E-state index in [4.69, 9.17) is 9.47 Å². The highest BCUT2D eigenvalue weighted by atomic mass is 16.6. The number of aromatic nitrogens is 1. The predicted molar refractivity (Wildman–Crippen MR) is 126 cm³/mol. The minimum atomic E-state index is -0.533. The fraction of sp³-hybridized carbons (Fsp3) is 0.458. The van der Waals surface area contributed by atoms with E-state index in [0.717, 1.165) is 22.2 Å². The normalized spacial score (nSPS) is 21.3. The number of amidine groups is 1. The summed E-state index contributed by atoms with van der Waals surface area (Å²) in [6.07, 6.45) is 3.59. The van der Waals surface area contributed by atoms with Crippen LogP contribution in [-0.4, -0.2) is 58.6 Å². The Hall–Kier alpha value is -3.49. The number of carbonyl (C=O) groups excluding carboxylic acids is 2. The van der Waals surface area contributed by atoms with E-state index in [1.54, 1.807) is 4.90 Å². The van der Waals surface area contributed by atoms with Gasteiger partial charge in [0, 0.05) is 24.7 Å². The van der Waals surface area contributed by atoms with E-state index in [1.165, 1.54) is 0 Å². The maximum atomic E-state index is 12.5. The van der Waals surface area contributed by atoms with Gasteiger partial charge in [0.1, 0.15) is 24.0 Å². The van der Waals surface area contributed by atoms with Crippen LogP contribution in [0.25, 0.3) is 17.0 Å². The molecule has 0 bridgehead atoms. The van der Waals surface area contributed by atoms with Crippen LogP contribution in [0.15, 0.2) is 30.0 Å². The van der Waals surface area contributed by atoms with Crippen LogP contribution in [0.2, 0.25) is 0 Å². The highest BCUT2D eigenvalue weighted by Crippen LogP contribution is 2.42. The molecule has 1 fully saturated rings. The molecule has 0 saturated carbocycles. The lowest BCUT2D eigenvalue weighted by Gasteiger charge is -2.49. The SMILES string of the molecule is C=Cc1cn(C2(C)CN(C(=O)OC(C)(C)C)C2)c2cc3c(cc12)OCC1=NNC(=O)[C@@H](C)N13. The molecule has 1 aromatic heterocycles. The van der Waals surface area contributed by atoms with Crippen LogP contribution >= 0.6 is 0 Å². The van der Waals surface area contributed by atoms with Gasteiger partial charge in [0.2, 0.25) is 0 Å². The van der Waals surface area contributed by atoms with Crippen LogP contribution in [0.1, 0.15) is 40.2 Å². The number of hydrogen-bond acceptors (Lipinski definition) is 6. The molecule has 1 saturated heterocycles. The fourth-order valence-corrected chi connectivity index (χ4v) is 4.76. The van der Waals surface area contributed by atoms with E-state index in [2.05, 4.69) is 34.8 Å². The summed E-state index contributed by atoms with van der Waals surface area (Å²) in [5, 5.41) is 5.19. The summed E-state index contributed by atoms with van der Waals surface area (Å²) in [5.74, 6) is 1.22. The highest BCUT2D eigenvalue weighted by Gasteiger charge is 2.45. The number of nitrogens with one attached hydrogen (secondary N) is 1. The molecular weight excluding hydrogens is 422 g/mol. The molecule has 2 amide bonds. The van der Waals surface area contributed by atoms with E-state index in [9.17, 15) is 9.59 Å². The van der Waals surface area contributed by atoms with Gasteiger partial charge >= 0.3 is 6.09 Å². The molecule has 2 aromatic rings. The number of rotatable bonds is 2. The summed E-state index contributed by atoms with van der Waals surface area (Å²) in [6.45, 7) is 14.9. The Morgan fingerprint density at radius 3 is 2.76 bits per heavy atom. The van der Waals surface area contributed by atoms with Crippen molar-refractivity contribution in [3.05, 3.63) is 30.5 Å². The molecule has 3 aliphatic heterocycles. The Morgan fingerprint density at radius 1 is 1.36 bits per heavy atom. The van der Waals surface area contributed by atoms with Crippen molar-refractivity contribution < 1.29 is 19.1 Å². The van der Waals surface area contributed by atoms with E-state index < -0.39 is 11.6 Å². The van der Waals surface area contributed by atoms with Crippen LogP contribution in [-0.2, 0) is 15.1 Å². The standard InChI is InChI=1S/C24H29N5O4/c1-7-15-10-28(24(6)12-27(13-24)22(31)33-23(3,4)5)17-9-18-19(8-16(15)17)32-11-20-25-26-21(30)14(2)29(18)20/h7-10,14H,1,11-13H2,2-6H3,(H,26,30)/t14-/m1/s1. The van der Waals surface area contributed by atoms with Crippen LogP contribution in [0.4, 0.5) is 10.5 Å². The maximum absolute atomic E-state index is 12.5. The third-order valence-corrected chi connectivity index (χ3v) is 6.39. The summed E-state index contributed by atoms with van der Waals surface area (Å²) in [6, 6.07) is 3.65. The monoisotopic (exact) mass is 451 g/mol. The molecule has 3 aliphatic rings. The first-order valence-electron chi connectivity index (χ1n) is 11.1. The fourth-order valence-electron chi connectivity index (χ4n) is 4.76. The number of nitrogens with zero attached hydrogens (tertiary/aromatic N) is 4. The van der Waals surface area contributed by atoms with Gasteiger partial charge in [-0.3, -0.25) is 4.79 Å². The summed E-state index contributed by atoms with van der Waals surface area (Å²) >= 11 is 0. The van der Waals surface area contributed by atoms with Gasteiger partial charge in [-0.15, -0.1) is 0 Å². The molecule has 33 heavy (non-hydrogen) atoms. The van der Waals surface area contributed by atoms with Gasteiger partial charge in [0.25, 0.3) is 5.91 Å². The molecule has 9 nitrogen and oxygen atoms in total. The molecule has 4 heterocycles. The van der Waals surface area contributed by atoms with Crippen molar-refractivity contribution in [2.24, 2.45) is 5.10 Å². The van der Waals surface area contributed by atoms with Crippen LogP contribution in [0.3, 0.4) is 0 Å². The maximum Gasteiger partial charge on any atom is 0.410 e. The second-order valence-electron chi connectivity index (χ2n) is 10.2. The Kier molecular flexibility index (Phi) is 4.53. The Labute approximate surface area is 192 Å². The summed E-state index contributed by atoms with van der Waals surface area (Å²) in [4.78, 5) is 28.4. The van der Waals surface area contributed by atoms with E-state index in [1.807, 2.05) is 50.8 Å². The van der Waals surface area contributed by atoms with Gasteiger partial charge in [-0.2, -0.15) is 5.10 Å². The van der Waals surface area contributed by atoms with Crippen molar-refractivity contribution in [3.63, 3.8) is 0 Å². The van der Waals surface area contributed by atoms with Gasteiger partial charge in [-0.05, 0) is 52.3 Å². The minimum absolute atomic E-state index is 0.159. The summed E-state index contributed by atoms with van der Waals surface area (Å²) in [7, 11) is 0. The lowest BCUT2D eigenvalue weighted by Crippen LogP contribution is -2.63. The molecular formula is C24H29N5O4. The zero-order chi connectivity index (χ0) is 23.7. The second-order valence-corrected chi connectivity index (χ2v) is 10.2. The number of amides is 2. The zero-order valence-electron chi connectivity index (χ0n) is 19.6. The van der Waals surface area contributed by atoms with Gasteiger partial charge in [0.15, 0.2) is 5.84 Å². The smallest absolute Gasteiger partial charge is 0.410 e. The molecule has 1 N–H and O–H groups in total. The number of hydrazone groups is 1. The highest BCUT2D eigenvalue weighted by molar-refractivity contribution is 6.10. The van der Waals surface area contributed by atoms with Gasteiger partial charge in [0.05, 0.1) is 16.7 Å². The van der Waals surface area contributed by atoms with Crippen LogP contribution in [0, 0.1) is 0 Å². The number of hydrogen-bond donors (Lipinski definition) is 1. The number of anilines is 1. The molecule has 0 spiro atoms. The zero-order valence-corrected chi connectivity index (χ0v) is 19.6. The average molecular weight is 452 g/mol. The number of likely N-dealkylation sites (tertiary alicyclic amines) is 1. The topological polar surface area (TPSA) is 88.4 Å². The molecule has 174 valence electrons. The van der Waals surface area contributed by atoms with Crippen molar-refractivity contribution in [2.45, 2.75) is 51.8 Å². The molecule has 1 aromatic carbocycles. The van der Waals surface area contributed by atoms with Crippen LogP contribution < -0.4 is 15.1 Å². The number of benzene rings is 1. The Morgan fingerprint density at radius 2 is 2.09 bits per heavy atom. The van der Waals surface area contributed by atoms with Crippen molar-refractivity contribution in [1.29, 1.82) is 0 Å². The van der Waals surface area contributed by atoms with E-state index in [0.29, 0.717) is 24.7 Å². The predicted octanol–water partition coefficient (Wildman–Crippen LogP) is 3.28. The van der Waals surface area contributed by atoms with Crippen LogP contribution in [0.5, 0.6) is 5.75 Å². The van der Waals surface area contributed by atoms with Crippen molar-refractivity contribution in [2.75, 3.05) is 24.6 Å². The number of carbonyl (C=O) groups is 2. The molecule has 0 radical (unpaired) electrons. The first-order valence-corrected chi connectivity index (χ1v) is 11.1. The molecule has 0 unspecified atom stereocenters. The van der Waals surface area contributed by atoms with E-state index >= 15 is 0 Å². The van der Waals surface area contributed by atoms with Crippen molar-refractivity contribution in [1.82, 2.24) is 14.9 Å². The number of fused-ring (bicyclic) bond motifs is 4. The average Bonchev–Trinajstić information content (AvgIpc) is 3.09.